The van der Waals surface area contributed by atoms with Gasteiger partial charge in [-0.25, -0.2) is 17.2 Å². The average Bonchev–Trinajstić information content (AvgIpc) is 2.88. The number of hydrogen-bond donors (Lipinski definition) is 0. The largest absolute Gasteiger partial charge is 0.497 e. The summed E-state index contributed by atoms with van der Waals surface area (Å²) >= 11 is 0. The van der Waals surface area contributed by atoms with Crippen LogP contribution in [0, 0.1) is 11.6 Å². The Bertz CT molecular complexity index is 849. The molecule has 1 saturated heterocycles. The smallest absolute Gasteiger partial charge is 0.248 e. The highest BCUT2D eigenvalue weighted by Gasteiger charge is 2.33. The van der Waals surface area contributed by atoms with Gasteiger partial charge in [0, 0.05) is 13.1 Å². The van der Waals surface area contributed by atoms with Crippen LogP contribution >= 0.6 is 0 Å². The molecule has 140 valence electrons. The first-order valence-electron chi connectivity index (χ1n) is 8.51. The summed E-state index contributed by atoms with van der Waals surface area (Å²) < 4.78 is 60.2. The first-order chi connectivity index (χ1) is 12.4. The normalized spacial score (nSPS) is 19.1. The molecule has 4 nitrogen and oxygen atoms in total. The van der Waals surface area contributed by atoms with Gasteiger partial charge >= 0.3 is 0 Å². The fraction of sp³-hybridized carbons (Fsp3) is 0.368. The van der Waals surface area contributed by atoms with Crippen molar-refractivity contribution in [1.82, 2.24) is 4.31 Å². The van der Waals surface area contributed by atoms with E-state index in [4.69, 9.17) is 4.74 Å². The number of rotatable bonds is 4. The minimum atomic E-state index is -4.24. The van der Waals surface area contributed by atoms with E-state index in [-0.39, 0.29) is 19.0 Å². The van der Waals surface area contributed by atoms with Gasteiger partial charge in [0.1, 0.15) is 17.4 Å². The molecule has 1 aliphatic heterocycles. The van der Waals surface area contributed by atoms with Crippen LogP contribution in [-0.4, -0.2) is 32.9 Å². The van der Waals surface area contributed by atoms with Gasteiger partial charge in [0.15, 0.2) is 4.90 Å². The molecule has 1 heterocycles. The molecular formula is C19H21F2NO3S. The maximum Gasteiger partial charge on any atom is 0.248 e. The summed E-state index contributed by atoms with van der Waals surface area (Å²) in [5.74, 6) is -1.43. The van der Waals surface area contributed by atoms with Crippen LogP contribution in [0.4, 0.5) is 8.78 Å². The molecule has 0 aliphatic carbocycles. The molecule has 1 atom stereocenters. The van der Waals surface area contributed by atoms with Crippen molar-refractivity contribution in [3.05, 3.63) is 59.7 Å². The number of benzene rings is 2. The Balaban J connectivity index is 1.91. The molecule has 0 unspecified atom stereocenters. The van der Waals surface area contributed by atoms with Gasteiger partial charge < -0.3 is 4.74 Å². The third-order valence-corrected chi connectivity index (χ3v) is 6.66. The lowest BCUT2D eigenvalue weighted by atomic mass is 9.94. The van der Waals surface area contributed by atoms with Crippen LogP contribution in [0.15, 0.2) is 47.4 Å². The number of halogens is 2. The summed E-state index contributed by atoms with van der Waals surface area (Å²) in [7, 11) is -2.66. The molecular weight excluding hydrogens is 360 g/mol. The zero-order chi connectivity index (χ0) is 18.7. The zero-order valence-electron chi connectivity index (χ0n) is 14.5. The molecule has 1 fully saturated rings. The minimum absolute atomic E-state index is 0.0342. The molecule has 0 N–H and O–H groups in total. The van der Waals surface area contributed by atoms with Crippen LogP contribution in [0.3, 0.4) is 0 Å². The molecule has 2 aromatic carbocycles. The summed E-state index contributed by atoms with van der Waals surface area (Å²) in [6.07, 6.45) is 2.32. The summed E-state index contributed by atoms with van der Waals surface area (Å²) in [4.78, 5) is -0.865. The molecule has 0 aromatic heterocycles. The molecule has 0 amide bonds. The Hall–Kier alpha value is -1.99. The topological polar surface area (TPSA) is 46.6 Å². The second kappa shape index (κ2) is 7.72. The molecule has 7 heteroatoms. The minimum Gasteiger partial charge on any atom is -0.497 e. The third-order valence-electron chi connectivity index (χ3n) is 4.74. The van der Waals surface area contributed by atoms with Gasteiger partial charge in [-0.05, 0) is 48.6 Å². The maximum atomic E-state index is 14.0. The van der Waals surface area contributed by atoms with Crippen LogP contribution in [0.1, 0.15) is 30.7 Å². The van der Waals surface area contributed by atoms with Crippen molar-refractivity contribution in [2.75, 3.05) is 20.2 Å². The molecule has 0 radical (unpaired) electrons. The van der Waals surface area contributed by atoms with Crippen molar-refractivity contribution in [2.45, 2.75) is 30.1 Å². The van der Waals surface area contributed by atoms with E-state index in [2.05, 4.69) is 0 Å². The Labute approximate surface area is 152 Å². The van der Waals surface area contributed by atoms with Crippen molar-refractivity contribution >= 4 is 10.0 Å². The number of nitrogens with zero attached hydrogens (tertiary/aromatic N) is 1. The average molecular weight is 381 g/mol. The van der Waals surface area contributed by atoms with Gasteiger partial charge in [0.2, 0.25) is 10.0 Å². The van der Waals surface area contributed by atoms with Gasteiger partial charge in [0.05, 0.1) is 7.11 Å². The first kappa shape index (κ1) is 18.8. The Morgan fingerprint density at radius 2 is 1.69 bits per heavy atom. The van der Waals surface area contributed by atoms with E-state index in [0.717, 1.165) is 42.4 Å². The van der Waals surface area contributed by atoms with Crippen LogP contribution in [0.2, 0.25) is 0 Å². The number of ether oxygens (including phenoxy) is 1. The van der Waals surface area contributed by atoms with Crippen molar-refractivity contribution in [2.24, 2.45) is 0 Å². The van der Waals surface area contributed by atoms with Crippen molar-refractivity contribution < 1.29 is 21.9 Å². The van der Waals surface area contributed by atoms with Crippen molar-refractivity contribution in [3.63, 3.8) is 0 Å². The molecule has 1 aliphatic rings. The highest BCUT2D eigenvalue weighted by atomic mass is 32.2. The standard InChI is InChI=1S/C19H21F2NO3S/c1-25-16-10-8-14(9-11-16)15-5-2-3-12-22(13-15)26(23,24)19-17(20)6-4-7-18(19)21/h4,6-11,15H,2-3,5,12-13H2,1H3/t15-/m1/s1. The van der Waals surface area contributed by atoms with Crippen LogP contribution < -0.4 is 4.74 Å². The lowest BCUT2D eigenvalue weighted by Crippen LogP contribution is -2.35. The van der Waals surface area contributed by atoms with E-state index in [9.17, 15) is 17.2 Å². The van der Waals surface area contributed by atoms with E-state index in [1.54, 1.807) is 7.11 Å². The van der Waals surface area contributed by atoms with E-state index in [1.165, 1.54) is 4.31 Å². The van der Waals surface area contributed by atoms with Crippen LogP contribution in [-0.2, 0) is 10.0 Å². The third kappa shape index (κ3) is 3.73. The van der Waals surface area contributed by atoms with E-state index < -0.39 is 26.6 Å². The second-order valence-electron chi connectivity index (χ2n) is 6.38. The molecule has 26 heavy (non-hydrogen) atoms. The number of methoxy groups -OCH3 is 1. The SMILES string of the molecule is COc1ccc([C@@H]2CCCCN(S(=O)(=O)c3c(F)cccc3F)C2)cc1. The van der Waals surface area contributed by atoms with Gasteiger partial charge in [-0.1, -0.05) is 24.6 Å². The summed E-state index contributed by atoms with van der Waals surface area (Å²) in [6.45, 7) is 0.450. The van der Waals surface area contributed by atoms with E-state index in [0.29, 0.717) is 6.42 Å². The van der Waals surface area contributed by atoms with Crippen molar-refractivity contribution in [3.8, 4) is 5.75 Å². The highest BCUT2D eigenvalue weighted by molar-refractivity contribution is 7.89. The number of hydrogen-bond acceptors (Lipinski definition) is 3. The van der Waals surface area contributed by atoms with Crippen LogP contribution in [0.25, 0.3) is 0 Å². The fourth-order valence-corrected chi connectivity index (χ4v) is 4.96. The lowest BCUT2D eigenvalue weighted by molar-refractivity contribution is 0.397. The monoisotopic (exact) mass is 381 g/mol. The predicted molar refractivity (Wildman–Crippen MR) is 94.7 cm³/mol. The summed E-state index contributed by atoms with van der Waals surface area (Å²) in [5, 5.41) is 0. The fourth-order valence-electron chi connectivity index (χ4n) is 3.33. The Kier molecular flexibility index (Phi) is 5.58. The Morgan fingerprint density at radius 3 is 2.31 bits per heavy atom. The zero-order valence-corrected chi connectivity index (χ0v) is 15.3. The Morgan fingerprint density at radius 1 is 1.04 bits per heavy atom. The second-order valence-corrected chi connectivity index (χ2v) is 8.25. The van der Waals surface area contributed by atoms with Gasteiger partial charge in [0.25, 0.3) is 0 Å². The molecule has 0 saturated carbocycles. The highest BCUT2D eigenvalue weighted by Crippen LogP contribution is 2.31. The van der Waals surface area contributed by atoms with E-state index >= 15 is 0 Å². The van der Waals surface area contributed by atoms with Crippen LogP contribution in [0.5, 0.6) is 5.75 Å². The maximum absolute atomic E-state index is 14.0. The summed E-state index contributed by atoms with van der Waals surface area (Å²) in [5.41, 5.74) is 0.988. The van der Waals surface area contributed by atoms with Crippen molar-refractivity contribution in [1.29, 1.82) is 0 Å². The molecule has 3 rings (SSSR count). The lowest BCUT2D eigenvalue weighted by Gasteiger charge is -2.24. The summed E-state index contributed by atoms with van der Waals surface area (Å²) in [6, 6.07) is 10.6. The van der Waals surface area contributed by atoms with Gasteiger partial charge in [-0.3, -0.25) is 0 Å². The van der Waals surface area contributed by atoms with E-state index in [1.807, 2.05) is 24.3 Å². The molecule has 0 bridgehead atoms. The number of sulfonamides is 1. The first-order valence-corrected chi connectivity index (χ1v) is 9.95. The quantitative estimate of drug-likeness (QED) is 0.806. The van der Waals surface area contributed by atoms with Gasteiger partial charge in [-0.15, -0.1) is 0 Å². The predicted octanol–water partition coefficient (Wildman–Crippen LogP) is 3.93. The molecule has 2 aromatic rings. The molecule has 0 spiro atoms. The van der Waals surface area contributed by atoms with Gasteiger partial charge in [-0.2, -0.15) is 4.31 Å².